The van der Waals surface area contributed by atoms with E-state index in [0.29, 0.717) is 28.8 Å². The number of Topliss-reactive ketones (excluding diaryl/α,β-unsaturated/α-hetero) is 1. The van der Waals surface area contributed by atoms with Crippen LogP contribution in [-0.2, 0) is 16.1 Å². The van der Waals surface area contributed by atoms with Gasteiger partial charge in [-0.25, -0.2) is 9.97 Å². The summed E-state index contributed by atoms with van der Waals surface area (Å²) in [6, 6.07) is 14.8. The predicted octanol–water partition coefficient (Wildman–Crippen LogP) is 4.26. The van der Waals surface area contributed by atoms with Crippen molar-refractivity contribution in [1.29, 1.82) is 0 Å². The fourth-order valence-electron chi connectivity index (χ4n) is 5.99. The van der Waals surface area contributed by atoms with Gasteiger partial charge in [-0.2, -0.15) is 5.10 Å². The number of piperidine rings is 1. The molecule has 6 rings (SSSR count). The third-order valence-corrected chi connectivity index (χ3v) is 8.37. The molecule has 2 aliphatic rings. The van der Waals surface area contributed by atoms with Crippen LogP contribution in [0.4, 0.5) is 0 Å². The lowest BCUT2D eigenvalue weighted by Crippen LogP contribution is -2.49. The molecule has 9 nitrogen and oxygen atoms in total. The highest BCUT2D eigenvalue weighted by Crippen LogP contribution is 2.59. The van der Waals surface area contributed by atoms with Crippen molar-refractivity contribution in [2.45, 2.75) is 65.2 Å². The summed E-state index contributed by atoms with van der Waals surface area (Å²) >= 11 is 0. The first-order valence-electron chi connectivity index (χ1n) is 13.6. The van der Waals surface area contributed by atoms with Crippen LogP contribution in [0.5, 0.6) is 0 Å². The van der Waals surface area contributed by atoms with Gasteiger partial charge < -0.3 is 10.2 Å². The molecule has 0 radical (unpaired) electrons. The van der Waals surface area contributed by atoms with Crippen LogP contribution >= 0.6 is 0 Å². The number of hydrogen-bond donors (Lipinski definition) is 1. The van der Waals surface area contributed by atoms with Crippen LogP contribution in [-0.4, -0.2) is 54.3 Å². The standard InChI is InChI=1S/C31H32N6O3/c1-18(21-8-6-5-7-9-21)34-30(40)26-13-31(4)14-27(31)37(26)28(39)17-36-25-11-10-22(23-15-32-20(3)33-16-23)12-24(25)29(35-36)19(2)38/h5-12,15-16,18,26-27H,13-14,17H2,1-4H3,(H,34,40)/t18-,26+,27-,31+/m1/s1. The van der Waals surface area contributed by atoms with Gasteiger partial charge in [-0.15, -0.1) is 0 Å². The van der Waals surface area contributed by atoms with Crippen LogP contribution in [0, 0.1) is 12.3 Å². The maximum absolute atomic E-state index is 13.8. The Hall–Kier alpha value is -4.40. The SMILES string of the molecule is CC(=O)c1nn(CC(=O)N2[C@H](C(=O)N[C@H](C)c3ccccc3)C[C@@]3(C)C[C@@H]23)c2ccc(-c3cnc(C)nc3)cc12. The Morgan fingerprint density at radius 1 is 1.05 bits per heavy atom. The normalized spacial score (nSPS) is 22.1. The number of hydrogen-bond acceptors (Lipinski definition) is 6. The van der Waals surface area contributed by atoms with Crippen molar-refractivity contribution < 1.29 is 14.4 Å². The predicted molar refractivity (Wildman–Crippen MR) is 150 cm³/mol. The van der Waals surface area contributed by atoms with Crippen molar-refractivity contribution in [3.63, 3.8) is 0 Å². The zero-order chi connectivity index (χ0) is 28.2. The van der Waals surface area contributed by atoms with Crippen molar-refractivity contribution in [2.24, 2.45) is 5.41 Å². The maximum Gasteiger partial charge on any atom is 0.245 e. The van der Waals surface area contributed by atoms with E-state index in [-0.39, 0.29) is 41.6 Å². The first-order valence-corrected chi connectivity index (χ1v) is 13.6. The summed E-state index contributed by atoms with van der Waals surface area (Å²) in [5.41, 5.74) is 3.65. The number of fused-ring (bicyclic) bond motifs is 2. The second kappa shape index (κ2) is 9.66. The Morgan fingerprint density at radius 2 is 1.77 bits per heavy atom. The molecule has 0 unspecified atom stereocenters. The Morgan fingerprint density at radius 3 is 2.48 bits per heavy atom. The van der Waals surface area contributed by atoms with E-state index in [9.17, 15) is 14.4 Å². The number of aryl methyl sites for hydroxylation is 1. The highest BCUT2D eigenvalue weighted by atomic mass is 16.2. The average Bonchev–Trinajstić information content (AvgIpc) is 3.31. The quantitative estimate of drug-likeness (QED) is 0.354. The number of aromatic nitrogens is 4. The molecule has 0 spiro atoms. The second-order valence-electron chi connectivity index (χ2n) is 11.3. The van der Waals surface area contributed by atoms with E-state index in [2.05, 4.69) is 27.3 Å². The van der Waals surface area contributed by atoms with Crippen molar-refractivity contribution in [1.82, 2.24) is 30.0 Å². The molecular formula is C31H32N6O3. The molecule has 9 heteroatoms. The lowest BCUT2D eigenvalue weighted by atomic mass is 10.0. The fraction of sp³-hybridized carbons (Fsp3) is 0.355. The number of nitrogens with zero attached hydrogens (tertiary/aromatic N) is 5. The van der Waals surface area contributed by atoms with E-state index < -0.39 is 6.04 Å². The van der Waals surface area contributed by atoms with Crippen molar-refractivity contribution in [3.8, 4) is 11.1 Å². The first-order chi connectivity index (χ1) is 19.1. The molecule has 4 atom stereocenters. The first kappa shape index (κ1) is 25.9. The number of likely N-dealkylation sites (tertiary alicyclic amines) is 1. The van der Waals surface area contributed by atoms with E-state index in [4.69, 9.17) is 0 Å². The zero-order valence-electron chi connectivity index (χ0n) is 23.1. The molecule has 1 saturated carbocycles. The Bertz CT molecular complexity index is 1630. The molecule has 1 aliphatic heterocycles. The third kappa shape index (κ3) is 4.55. The average molecular weight is 537 g/mol. The van der Waals surface area contributed by atoms with Crippen LogP contribution in [0.25, 0.3) is 22.0 Å². The molecule has 2 fully saturated rings. The van der Waals surface area contributed by atoms with Gasteiger partial charge in [-0.3, -0.25) is 19.1 Å². The van der Waals surface area contributed by atoms with Crippen molar-refractivity contribution in [2.75, 3.05) is 0 Å². The summed E-state index contributed by atoms with van der Waals surface area (Å²) in [4.78, 5) is 50.0. The van der Waals surface area contributed by atoms with Crippen LogP contribution in [0.15, 0.2) is 60.9 Å². The number of ketones is 1. The van der Waals surface area contributed by atoms with Gasteiger partial charge in [0, 0.05) is 36.3 Å². The molecule has 3 heterocycles. The summed E-state index contributed by atoms with van der Waals surface area (Å²) < 4.78 is 1.59. The topological polar surface area (TPSA) is 110 Å². The van der Waals surface area contributed by atoms with E-state index in [0.717, 1.165) is 23.1 Å². The molecule has 2 aromatic carbocycles. The molecule has 2 amide bonds. The van der Waals surface area contributed by atoms with Gasteiger partial charge in [0.05, 0.1) is 11.6 Å². The van der Waals surface area contributed by atoms with E-state index >= 15 is 0 Å². The molecule has 40 heavy (non-hydrogen) atoms. The summed E-state index contributed by atoms with van der Waals surface area (Å²) in [5, 5.41) is 8.33. The molecular weight excluding hydrogens is 504 g/mol. The van der Waals surface area contributed by atoms with Gasteiger partial charge in [0.15, 0.2) is 5.78 Å². The highest BCUT2D eigenvalue weighted by Gasteiger charge is 2.64. The smallest absolute Gasteiger partial charge is 0.245 e. The van der Waals surface area contributed by atoms with Gasteiger partial charge >= 0.3 is 0 Å². The van der Waals surface area contributed by atoms with Gasteiger partial charge in [0.2, 0.25) is 11.8 Å². The molecule has 2 aromatic heterocycles. The van der Waals surface area contributed by atoms with Crippen LogP contribution in [0.3, 0.4) is 0 Å². The Kier molecular flexibility index (Phi) is 6.24. The van der Waals surface area contributed by atoms with Gasteiger partial charge in [-0.1, -0.05) is 43.3 Å². The molecule has 4 aromatic rings. The molecule has 1 saturated heterocycles. The van der Waals surface area contributed by atoms with E-state index in [1.54, 1.807) is 22.0 Å². The third-order valence-electron chi connectivity index (χ3n) is 8.37. The lowest BCUT2D eigenvalue weighted by molar-refractivity contribution is -0.140. The maximum atomic E-state index is 13.8. The van der Waals surface area contributed by atoms with Crippen LogP contribution in [0.1, 0.15) is 61.5 Å². The molecule has 1 aliphatic carbocycles. The molecule has 204 valence electrons. The van der Waals surface area contributed by atoms with Crippen molar-refractivity contribution in [3.05, 3.63) is 78.0 Å². The van der Waals surface area contributed by atoms with E-state index in [1.807, 2.05) is 62.4 Å². The fourth-order valence-corrected chi connectivity index (χ4v) is 5.99. The minimum atomic E-state index is -0.537. The molecule has 1 N–H and O–H groups in total. The van der Waals surface area contributed by atoms with E-state index in [1.165, 1.54) is 6.92 Å². The number of nitrogens with one attached hydrogen (secondary N) is 1. The monoisotopic (exact) mass is 536 g/mol. The minimum Gasteiger partial charge on any atom is -0.348 e. The van der Waals surface area contributed by atoms with Gasteiger partial charge in [0.1, 0.15) is 24.1 Å². The zero-order valence-corrected chi connectivity index (χ0v) is 23.1. The van der Waals surface area contributed by atoms with Gasteiger partial charge in [0.25, 0.3) is 0 Å². The van der Waals surface area contributed by atoms with Crippen LogP contribution < -0.4 is 5.32 Å². The Labute approximate surface area is 232 Å². The number of carbonyl (C=O) groups is 3. The highest BCUT2D eigenvalue weighted by molar-refractivity contribution is 6.06. The summed E-state index contributed by atoms with van der Waals surface area (Å²) in [6.07, 6.45) is 5.01. The lowest BCUT2D eigenvalue weighted by Gasteiger charge is -2.28. The number of rotatable bonds is 7. The van der Waals surface area contributed by atoms with Crippen molar-refractivity contribution >= 4 is 28.5 Å². The number of amides is 2. The Balaban J connectivity index is 1.26. The summed E-state index contributed by atoms with van der Waals surface area (Å²) in [7, 11) is 0. The summed E-state index contributed by atoms with van der Waals surface area (Å²) in [5.74, 6) is 0.180. The molecule has 0 bridgehead atoms. The summed E-state index contributed by atoms with van der Waals surface area (Å²) in [6.45, 7) is 7.33. The largest absolute Gasteiger partial charge is 0.348 e. The number of carbonyl (C=O) groups excluding carboxylic acids is 3. The second-order valence-corrected chi connectivity index (χ2v) is 11.3. The van der Waals surface area contributed by atoms with Gasteiger partial charge in [-0.05, 0) is 55.4 Å². The number of benzene rings is 2. The minimum absolute atomic E-state index is 0.0324. The van der Waals surface area contributed by atoms with Crippen LogP contribution in [0.2, 0.25) is 0 Å².